The molecule has 4 amide bonds. The fourth-order valence-electron chi connectivity index (χ4n) is 4.89. The molecule has 0 unspecified atom stereocenters. The number of nitro benzene ring substituents is 1. The average molecular weight is 401 g/mol. The number of fused-ring (bicyclic) bond motifs is 4. The number of anilines is 1. The first-order chi connectivity index (χ1) is 13.7. The summed E-state index contributed by atoms with van der Waals surface area (Å²) in [5.41, 5.74) is -0.186. The second-order valence-corrected chi connectivity index (χ2v) is 7.83. The Labute approximate surface area is 167 Å². The summed E-state index contributed by atoms with van der Waals surface area (Å²) in [7, 11) is 2.76. The third-order valence-corrected chi connectivity index (χ3v) is 6.48. The van der Waals surface area contributed by atoms with Crippen molar-refractivity contribution in [3.8, 4) is 0 Å². The molecule has 2 saturated heterocycles. The lowest BCUT2D eigenvalue weighted by molar-refractivity contribution is -0.384. The summed E-state index contributed by atoms with van der Waals surface area (Å²) in [5.74, 6) is -1.09. The summed E-state index contributed by atoms with van der Waals surface area (Å²) >= 11 is 0. The molecule has 3 heterocycles. The molecule has 2 fully saturated rings. The number of likely N-dealkylation sites (N-methyl/N-ethyl adjacent to an activating group) is 1. The first-order valence-electron chi connectivity index (χ1n) is 9.59. The maximum atomic E-state index is 13.4. The SMILES string of the molecule is CCN1CCN2c3ccc([N+](=O)[O-])cc3CC3(C(=O)N(C)C(=O)N(C)C3=O)[C@@H]2C1. The summed E-state index contributed by atoms with van der Waals surface area (Å²) in [6.45, 7) is 4.65. The van der Waals surface area contributed by atoms with E-state index in [-0.39, 0.29) is 12.1 Å². The minimum Gasteiger partial charge on any atom is -0.364 e. The van der Waals surface area contributed by atoms with Gasteiger partial charge in [0.25, 0.3) is 5.69 Å². The number of non-ortho nitro benzene ring substituents is 1. The fourth-order valence-corrected chi connectivity index (χ4v) is 4.89. The van der Waals surface area contributed by atoms with Crippen LogP contribution < -0.4 is 4.90 Å². The van der Waals surface area contributed by atoms with Crippen LogP contribution in [-0.4, -0.2) is 83.8 Å². The number of rotatable bonds is 2. The van der Waals surface area contributed by atoms with Crippen molar-refractivity contribution in [1.29, 1.82) is 0 Å². The molecule has 1 spiro atoms. The van der Waals surface area contributed by atoms with Gasteiger partial charge in [-0.05, 0) is 18.2 Å². The van der Waals surface area contributed by atoms with Crippen molar-refractivity contribution in [1.82, 2.24) is 14.7 Å². The average Bonchev–Trinajstić information content (AvgIpc) is 2.74. The minimum absolute atomic E-state index is 0.0301. The van der Waals surface area contributed by atoms with E-state index in [1.807, 2.05) is 11.8 Å². The molecule has 0 aliphatic carbocycles. The predicted molar refractivity (Wildman–Crippen MR) is 103 cm³/mol. The van der Waals surface area contributed by atoms with Crippen LogP contribution in [0.2, 0.25) is 0 Å². The van der Waals surface area contributed by atoms with Gasteiger partial charge in [0.05, 0.1) is 11.0 Å². The molecule has 1 aromatic rings. The lowest BCUT2D eigenvalue weighted by atomic mass is 9.67. The van der Waals surface area contributed by atoms with Gasteiger partial charge in [-0.25, -0.2) is 4.79 Å². The topological polar surface area (TPSA) is 107 Å². The van der Waals surface area contributed by atoms with E-state index >= 15 is 0 Å². The number of carbonyl (C=O) groups is 3. The molecule has 4 rings (SSSR count). The van der Waals surface area contributed by atoms with Gasteiger partial charge in [0.15, 0.2) is 5.41 Å². The highest BCUT2D eigenvalue weighted by Gasteiger charge is 2.63. The van der Waals surface area contributed by atoms with E-state index in [0.717, 1.165) is 28.6 Å². The van der Waals surface area contributed by atoms with Gasteiger partial charge in [-0.2, -0.15) is 0 Å². The van der Waals surface area contributed by atoms with E-state index in [0.29, 0.717) is 18.7 Å². The highest BCUT2D eigenvalue weighted by molar-refractivity contribution is 6.20. The number of hydrogen-bond acceptors (Lipinski definition) is 7. The van der Waals surface area contributed by atoms with Crippen LogP contribution in [0, 0.1) is 15.5 Å². The van der Waals surface area contributed by atoms with Crippen molar-refractivity contribution >= 4 is 29.2 Å². The zero-order valence-corrected chi connectivity index (χ0v) is 16.6. The van der Waals surface area contributed by atoms with E-state index < -0.39 is 34.2 Å². The van der Waals surface area contributed by atoms with Crippen molar-refractivity contribution < 1.29 is 19.3 Å². The summed E-state index contributed by atoms with van der Waals surface area (Å²) in [6.07, 6.45) is 0.0301. The van der Waals surface area contributed by atoms with Gasteiger partial charge in [0, 0.05) is 58.0 Å². The standard InChI is InChI=1S/C19H23N5O5/c1-4-22-7-8-23-14-6-5-13(24(28)29)9-12(14)10-19(15(23)11-22)16(25)20(2)18(27)21(3)17(19)26/h5-6,9,15H,4,7-8,10-11H2,1-3H3/t15-/m0/s1. The third-order valence-electron chi connectivity index (χ3n) is 6.48. The van der Waals surface area contributed by atoms with Gasteiger partial charge >= 0.3 is 6.03 Å². The van der Waals surface area contributed by atoms with Gasteiger partial charge in [0.2, 0.25) is 11.8 Å². The van der Waals surface area contributed by atoms with E-state index in [4.69, 9.17) is 0 Å². The van der Waals surface area contributed by atoms with Crippen LogP contribution in [0.15, 0.2) is 18.2 Å². The molecule has 0 saturated carbocycles. The Balaban J connectivity index is 1.91. The fraction of sp³-hybridized carbons (Fsp3) is 0.526. The van der Waals surface area contributed by atoms with Gasteiger partial charge in [-0.3, -0.25) is 34.4 Å². The molecular weight excluding hydrogens is 378 g/mol. The lowest BCUT2D eigenvalue weighted by Gasteiger charge is -2.56. The quantitative estimate of drug-likeness (QED) is 0.408. The third kappa shape index (κ3) is 2.55. The molecule has 0 aromatic heterocycles. The van der Waals surface area contributed by atoms with Crippen LogP contribution in [0.25, 0.3) is 0 Å². The van der Waals surface area contributed by atoms with Gasteiger partial charge in [0.1, 0.15) is 0 Å². The largest absolute Gasteiger partial charge is 0.364 e. The minimum atomic E-state index is -1.49. The summed E-state index contributed by atoms with van der Waals surface area (Å²) in [6, 6.07) is 3.47. The van der Waals surface area contributed by atoms with Gasteiger partial charge < -0.3 is 4.90 Å². The second kappa shape index (κ2) is 6.51. The summed E-state index contributed by atoms with van der Waals surface area (Å²) < 4.78 is 0. The van der Waals surface area contributed by atoms with Crippen molar-refractivity contribution in [3.63, 3.8) is 0 Å². The van der Waals surface area contributed by atoms with Crippen molar-refractivity contribution in [2.45, 2.75) is 19.4 Å². The van der Waals surface area contributed by atoms with Crippen molar-refractivity contribution in [3.05, 3.63) is 33.9 Å². The van der Waals surface area contributed by atoms with E-state index in [9.17, 15) is 24.5 Å². The number of hydrogen-bond donors (Lipinski definition) is 0. The molecule has 3 aliphatic heterocycles. The summed E-state index contributed by atoms with van der Waals surface area (Å²) in [4.78, 5) is 56.2. The summed E-state index contributed by atoms with van der Waals surface area (Å²) in [5, 5.41) is 11.3. The first-order valence-corrected chi connectivity index (χ1v) is 9.59. The molecule has 0 radical (unpaired) electrons. The molecule has 1 atom stereocenters. The molecule has 29 heavy (non-hydrogen) atoms. The Hall–Kier alpha value is -3.01. The molecular formula is C19H23N5O5. The van der Waals surface area contributed by atoms with Crippen LogP contribution in [-0.2, 0) is 16.0 Å². The maximum Gasteiger partial charge on any atom is 0.332 e. The van der Waals surface area contributed by atoms with E-state index in [1.54, 1.807) is 6.07 Å². The zero-order chi connectivity index (χ0) is 21.1. The van der Waals surface area contributed by atoms with Crippen molar-refractivity contribution in [2.75, 3.05) is 45.2 Å². The van der Waals surface area contributed by atoms with Crippen LogP contribution in [0.5, 0.6) is 0 Å². The smallest absolute Gasteiger partial charge is 0.332 e. The number of carbonyl (C=O) groups excluding carboxylic acids is 3. The monoisotopic (exact) mass is 401 g/mol. The number of imide groups is 2. The molecule has 3 aliphatic rings. The Morgan fingerprint density at radius 1 is 1.14 bits per heavy atom. The van der Waals surface area contributed by atoms with Crippen molar-refractivity contribution in [2.24, 2.45) is 5.41 Å². The van der Waals surface area contributed by atoms with E-state index in [2.05, 4.69) is 4.90 Å². The number of nitrogens with zero attached hydrogens (tertiary/aromatic N) is 5. The highest BCUT2D eigenvalue weighted by Crippen LogP contribution is 2.47. The van der Waals surface area contributed by atoms with Crippen LogP contribution in [0.3, 0.4) is 0 Å². The van der Waals surface area contributed by atoms with Gasteiger partial charge in [-0.15, -0.1) is 0 Å². The lowest BCUT2D eigenvalue weighted by Crippen LogP contribution is -2.74. The number of piperazine rings is 1. The number of urea groups is 1. The predicted octanol–water partition coefficient (Wildman–Crippen LogP) is 0.698. The molecule has 0 bridgehead atoms. The zero-order valence-electron chi connectivity index (χ0n) is 16.6. The number of amides is 4. The number of benzene rings is 1. The Kier molecular flexibility index (Phi) is 4.34. The van der Waals surface area contributed by atoms with Crippen LogP contribution in [0.1, 0.15) is 12.5 Å². The Bertz CT molecular complexity index is 908. The number of nitro groups is 1. The Morgan fingerprint density at radius 3 is 2.38 bits per heavy atom. The molecule has 154 valence electrons. The normalized spacial score (nSPS) is 24.0. The molecule has 10 nitrogen and oxygen atoms in total. The first kappa shape index (κ1) is 19.3. The van der Waals surface area contributed by atoms with Crippen LogP contribution >= 0.6 is 0 Å². The Morgan fingerprint density at radius 2 is 1.79 bits per heavy atom. The highest BCUT2D eigenvalue weighted by atomic mass is 16.6. The van der Waals surface area contributed by atoms with E-state index in [1.165, 1.54) is 26.2 Å². The molecule has 10 heteroatoms. The van der Waals surface area contributed by atoms with Gasteiger partial charge in [-0.1, -0.05) is 6.92 Å². The maximum absolute atomic E-state index is 13.4. The number of barbiturate groups is 1. The van der Waals surface area contributed by atoms with Crippen LogP contribution in [0.4, 0.5) is 16.2 Å². The molecule has 1 aromatic carbocycles. The second-order valence-electron chi connectivity index (χ2n) is 7.83. The molecule has 0 N–H and O–H groups in total.